The molecule has 0 saturated heterocycles. The zero-order valence-electron chi connectivity index (χ0n) is 13.0. The van der Waals surface area contributed by atoms with Gasteiger partial charge in [0.05, 0.1) is 0 Å². The number of halogens is 2. The number of thioether (sulfide) groups is 1. The Balaban J connectivity index is 0.00000264. The van der Waals surface area contributed by atoms with Crippen LogP contribution in [0.3, 0.4) is 0 Å². The Morgan fingerprint density at radius 3 is 2.52 bits per heavy atom. The Morgan fingerprint density at radius 2 is 1.96 bits per heavy atom. The number of benzene rings is 1. The Morgan fingerprint density at radius 1 is 1.30 bits per heavy atom. The van der Waals surface area contributed by atoms with Crippen LogP contribution in [0.4, 0.5) is 0 Å². The van der Waals surface area contributed by atoms with Crippen molar-refractivity contribution in [1.82, 2.24) is 9.97 Å². The first-order valence-electron chi connectivity index (χ1n) is 6.89. The second kappa shape index (κ2) is 8.52. The van der Waals surface area contributed by atoms with Gasteiger partial charge in [-0.1, -0.05) is 43.6 Å². The predicted molar refractivity (Wildman–Crippen MR) is 96.2 cm³/mol. The quantitative estimate of drug-likeness (QED) is 0.611. The number of nitrogens with zero attached hydrogens (tertiary/aromatic N) is 2. The second-order valence-corrected chi connectivity index (χ2v) is 7.13. The third kappa shape index (κ3) is 5.09. The van der Waals surface area contributed by atoms with E-state index in [1.807, 2.05) is 45.0 Å². The molecule has 124 valence electrons. The average Bonchev–Trinajstić information content (AvgIpc) is 2.43. The van der Waals surface area contributed by atoms with Crippen LogP contribution in [0.25, 0.3) is 0 Å². The van der Waals surface area contributed by atoms with Crippen LogP contribution in [-0.4, -0.2) is 26.3 Å². The van der Waals surface area contributed by atoms with Crippen molar-refractivity contribution in [3.05, 3.63) is 51.9 Å². The highest BCUT2D eigenvalue weighted by molar-refractivity contribution is 7.99. The monoisotopic (exact) mass is 372 g/mol. The SMILES string of the molecule is Cc1nc(C(=O)O)nc(SC(C)C)c1Cc1ccccc1Cl.Cl. The highest BCUT2D eigenvalue weighted by Gasteiger charge is 2.18. The zero-order valence-corrected chi connectivity index (χ0v) is 15.4. The molecule has 0 bridgehead atoms. The molecule has 0 amide bonds. The summed E-state index contributed by atoms with van der Waals surface area (Å²) >= 11 is 7.76. The van der Waals surface area contributed by atoms with Gasteiger partial charge in [-0.2, -0.15) is 0 Å². The summed E-state index contributed by atoms with van der Waals surface area (Å²) in [5, 5.41) is 10.8. The summed E-state index contributed by atoms with van der Waals surface area (Å²) in [4.78, 5) is 19.5. The molecule has 1 aromatic heterocycles. The van der Waals surface area contributed by atoms with E-state index < -0.39 is 5.97 Å². The van der Waals surface area contributed by atoms with Gasteiger partial charge in [-0.3, -0.25) is 0 Å². The first-order chi connectivity index (χ1) is 10.4. The predicted octanol–water partition coefficient (Wildman–Crippen LogP) is 4.65. The van der Waals surface area contributed by atoms with Crippen LogP contribution in [0, 0.1) is 6.92 Å². The van der Waals surface area contributed by atoms with Crippen LogP contribution in [0.2, 0.25) is 5.02 Å². The maximum absolute atomic E-state index is 11.2. The Bertz CT molecular complexity index is 708. The van der Waals surface area contributed by atoms with E-state index in [-0.39, 0.29) is 18.2 Å². The molecule has 0 fully saturated rings. The molecule has 1 aromatic carbocycles. The van der Waals surface area contributed by atoms with Gasteiger partial charge < -0.3 is 5.11 Å². The summed E-state index contributed by atoms with van der Waals surface area (Å²) in [6, 6.07) is 7.61. The molecular formula is C16H18Cl2N2O2S. The van der Waals surface area contributed by atoms with Gasteiger partial charge in [0.2, 0.25) is 5.82 Å². The van der Waals surface area contributed by atoms with Crippen LogP contribution in [0.1, 0.15) is 41.3 Å². The molecule has 1 heterocycles. The summed E-state index contributed by atoms with van der Waals surface area (Å²) in [5.74, 6) is -1.28. The fourth-order valence-corrected chi connectivity index (χ4v) is 3.17. The number of aromatic nitrogens is 2. The van der Waals surface area contributed by atoms with E-state index in [0.717, 1.165) is 11.1 Å². The van der Waals surface area contributed by atoms with Crippen molar-refractivity contribution in [2.24, 2.45) is 0 Å². The van der Waals surface area contributed by atoms with E-state index in [9.17, 15) is 4.79 Å². The molecule has 2 rings (SSSR count). The highest BCUT2D eigenvalue weighted by Crippen LogP contribution is 2.29. The van der Waals surface area contributed by atoms with Gasteiger partial charge >= 0.3 is 5.97 Å². The van der Waals surface area contributed by atoms with E-state index in [1.165, 1.54) is 11.8 Å². The normalized spacial score (nSPS) is 10.5. The number of hydrogen-bond acceptors (Lipinski definition) is 4. The third-order valence-electron chi connectivity index (χ3n) is 3.04. The summed E-state index contributed by atoms with van der Waals surface area (Å²) in [6.07, 6.45) is 0.584. The van der Waals surface area contributed by atoms with Gasteiger partial charge in [0.15, 0.2) is 0 Å². The Labute approximate surface area is 151 Å². The van der Waals surface area contributed by atoms with Gasteiger partial charge in [-0.05, 0) is 18.6 Å². The Kier molecular flexibility index (Phi) is 7.32. The summed E-state index contributed by atoms with van der Waals surface area (Å²) in [5.41, 5.74) is 2.58. The van der Waals surface area contributed by atoms with Crippen molar-refractivity contribution >= 4 is 41.7 Å². The van der Waals surface area contributed by atoms with Crippen molar-refractivity contribution < 1.29 is 9.90 Å². The van der Waals surface area contributed by atoms with Crippen LogP contribution in [-0.2, 0) is 6.42 Å². The number of rotatable bonds is 5. The zero-order chi connectivity index (χ0) is 16.3. The van der Waals surface area contributed by atoms with Crippen LogP contribution in [0.15, 0.2) is 29.3 Å². The summed E-state index contributed by atoms with van der Waals surface area (Å²) < 4.78 is 0. The molecule has 2 aromatic rings. The number of carboxylic acids is 1. The van der Waals surface area contributed by atoms with E-state index in [1.54, 1.807) is 0 Å². The fraction of sp³-hybridized carbons (Fsp3) is 0.312. The van der Waals surface area contributed by atoms with E-state index >= 15 is 0 Å². The third-order valence-corrected chi connectivity index (χ3v) is 4.44. The topological polar surface area (TPSA) is 63.1 Å². The molecule has 23 heavy (non-hydrogen) atoms. The molecule has 0 aliphatic heterocycles. The van der Waals surface area contributed by atoms with Gasteiger partial charge in [0, 0.05) is 28.0 Å². The molecule has 0 unspecified atom stereocenters. The van der Waals surface area contributed by atoms with Crippen molar-refractivity contribution in [2.75, 3.05) is 0 Å². The Hall–Kier alpha value is -1.30. The number of carbonyl (C=O) groups is 1. The minimum atomic E-state index is -1.11. The average molecular weight is 373 g/mol. The van der Waals surface area contributed by atoms with E-state index in [2.05, 4.69) is 9.97 Å². The first-order valence-corrected chi connectivity index (χ1v) is 8.15. The number of hydrogen-bond donors (Lipinski definition) is 1. The molecule has 0 atom stereocenters. The van der Waals surface area contributed by atoms with Crippen molar-refractivity contribution in [2.45, 2.75) is 37.5 Å². The first kappa shape index (κ1) is 19.7. The molecule has 0 aliphatic carbocycles. The maximum atomic E-state index is 11.2. The molecule has 0 radical (unpaired) electrons. The number of aromatic carboxylic acids is 1. The molecule has 0 saturated carbocycles. The van der Waals surface area contributed by atoms with E-state index in [4.69, 9.17) is 16.7 Å². The van der Waals surface area contributed by atoms with Crippen LogP contribution < -0.4 is 0 Å². The minimum Gasteiger partial charge on any atom is -0.475 e. The number of carboxylic acid groups (broad SMARTS) is 1. The lowest BCUT2D eigenvalue weighted by Gasteiger charge is -2.14. The van der Waals surface area contributed by atoms with Gasteiger partial charge in [-0.15, -0.1) is 24.2 Å². The minimum absolute atomic E-state index is 0. The standard InChI is InChI=1S/C16H17ClN2O2S.ClH/c1-9(2)22-15-12(8-11-6-4-5-7-13(11)17)10(3)18-14(19-15)16(20)21;/h4-7,9H,8H2,1-3H3,(H,20,21);1H. The highest BCUT2D eigenvalue weighted by atomic mass is 35.5. The van der Waals surface area contributed by atoms with Crippen molar-refractivity contribution in [3.8, 4) is 0 Å². The lowest BCUT2D eigenvalue weighted by atomic mass is 10.1. The maximum Gasteiger partial charge on any atom is 0.373 e. The lowest BCUT2D eigenvalue weighted by Crippen LogP contribution is -2.11. The van der Waals surface area contributed by atoms with Crippen molar-refractivity contribution in [3.63, 3.8) is 0 Å². The molecular weight excluding hydrogens is 355 g/mol. The molecule has 1 N–H and O–H groups in total. The van der Waals surface area contributed by atoms with Crippen molar-refractivity contribution in [1.29, 1.82) is 0 Å². The van der Waals surface area contributed by atoms with E-state index in [0.29, 0.717) is 27.4 Å². The summed E-state index contributed by atoms with van der Waals surface area (Å²) in [7, 11) is 0. The summed E-state index contributed by atoms with van der Waals surface area (Å²) in [6.45, 7) is 5.90. The van der Waals surface area contributed by atoms with Crippen LogP contribution >= 0.6 is 35.8 Å². The fourth-order valence-electron chi connectivity index (χ4n) is 2.02. The molecule has 7 heteroatoms. The van der Waals surface area contributed by atoms with Crippen LogP contribution in [0.5, 0.6) is 0 Å². The molecule has 0 aliphatic rings. The smallest absolute Gasteiger partial charge is 0.373 e. The lowest BCUT2D eigenvalue weighted by molar-refractivity contribution is 0.0682. The van der Waals surface area contributed by atoms with Gasteiger partial charge in [-0.25, -0.2) is 14.8 Å². The second-order valence-electron chi connectivity index (χ2n) is 5.16. The molecule has 0 spiro atoms. The largest absolute Gasteiger partial charge is 0.475 e. The van der Waals surface area contributed by atoms with Gasteiger partial charge in [0.25, 0.3) is 0 Å². The number of aryl methyl sites for hydroxylation is 1. The molecule has 4 nitrogen and oxygen atoms in total. The van der Waals surface area contributed by atoms with Gasteiger partial charge in [0.1, 0.15) is 5.03 Å².